The highest BCUT2D eigenvalue weighted by atomic mass is 32.1. The summed E-state index contributed by atoms with van der Waals surface area (Å²) in [6.07, 6.45) is 3.54. The SMILES string of the molecule is COc1cccc(OC)c1-c1ccc(C[C@H](Nc2nc(N(C)C)ncc2-c2c(C)nsc2C)C(=O)O)nc1. The molecule has 0 saturated carbocycles. The standard InChI is InChI=1S/C27H30N6O4S/c1-15-23(16(2)38-32-15)19-14-29-27(33(3)4)31-25(19)30-20(26(34)35)12-18-11-10-17(13-28-18)24-21(36-5)8-7-9-22(24)37-6/h7-11,13-14,20H,12H2,1-6H3,(H,34,35)(H,29,30,31)/t20-/m0/s1. The number of benzene rings is 1. The van der Waals surface area contributed by atoms with E-state index in [0.29, 0.717) is 34.5 Å². The number of methoxy groups -OCH3 is 2. The van der Waals surface area contributed by atoms with Gasteiger partial charge < -0.3 is 24.8 Å². The van der Waals surface area contributed by atoms with E-state index in [-0.39, 0.29) is 6.42 Å². The number of ether oxygens (including phenoxy) is 2. The molecule has 0 radical (unpaired) electrons. The van der Waals surface area contributed by atoms with Crippen LogP contribution in [0, 0.1) is 13.8 Å². The molecule has 0 fully saturated rings. The van der Waals surface area contributed by atoms with Crippen molar-refractivity contribution in [1.29, 1.82) is 0 Å². The number of nitrogens with zero attached hydrogens (tertiary/aromatic N) is 5. The third-order valence-electron chi connectivity index (χ3n) is 6.04. The molecular weight excluding hydrogens is 504 g/mol. The Kier molecular flexibility index (Phi) is 8.06. The molecule has 0 unspecified atom stereocenters. The average molecular weight is 535 g/mol. The van der Waals surface area contributed by atoms with E-state index in [4.69, 9.17) is 9.47 Å². The van der Waals surface area contributed by atoms with E-state index in [0.717, 1.165) is 27.3 Å². The summed E-state index contributed by atoms with van der Waals surface area (Å²) in [6.45, 7) is 3.89. The van der Waals surface area contributed by atoms with E-state index in [1.54, 1.807) is 31.5 Å². The van der Waals surface area contributed by atoms with E-state index in [1.807, 2.05) is 58.3 Å². The molecule has 0 amide bonds. The van der Waals surface area contributed by atoms with Gasteiger partial charge in [-0.3, -0.25) is 4.98 Å². The molecule has 3 heterocycles. The molecule has 2 N–H and O–H groups in total. The van der Waals surface area contributed by atoms with Crippen LogP contribution in [0.5, 0.6) is 11.5 Å². The number of aryl methyl sites for hydroxylation is 2. The lowest BCUT2D eigenvalue weighted by molar-refractivity contribution is -0.137. The fraction of sp³-hybridized carbons (Fsp3) is 0.296. The summed E-state index contributed by atoms with van der Waals surface area (Å²) in [6, 6.07) is 8.26. The molecule has 4 rings (SSSR count). The Hall–Kier alpha value is -4.25. The molecule has 0 spiro atoms. The maximum atomic E-state index is 12.3. The Bertz CT molecular complexity index is 1400. The van der Waals surface area contributed by atoms with Gasteiger partial charge in [0.25, 0.3) is 0 Å². The zero-order valence-corrected chi connectivity index (χ0v) is 23.0. The highest BCUT2D eigenvalue weighted by Gasteiger charge is 2.24. The molecule has 198 valence electrons. The van der Waals surface area contributed by atoms with Crippen molar-refractivity contribution in [3.63, 3.8) is 0 Å². The van der Waals surface area contributed by atoms with E-state index in [2.05, 4.69) is 24.6 Å². The highest BCUT2D eigenvalue weighted by Crippen LogP contribution is 2.38. The average Bonchev–Trinajstić information content (AvgIpc) is 3.25. The predicted molar refractivity (Wildman–Crippen MR) is 148 cm³/mol. The van der Waals surface area contributed by atoms with Gasteiger partial charge in [-0.25, -0.2) is 9.78 Å². The molecule has 4 aromatic rings. The zero-order valence-electron chi connectivity index (χ0n) is 22.1. The normalized spacial score (nSPS) is 11.6. The van der Waals surface area contributed by atoms with Crippen LogP contribution in [0.25, 0.3) is 22.3 Å². The number of hydrogen-bond donors (Lipinski definition) is 2. The third-order valence-corrected chi connectivity index (χ3v) is 6.89. The summed E-state index contributed by atoms with van der Waals surface area (Å²) in [4.78, 5) is 28.7. The van der Waals surface area contributed by atoms with Crippen molar-refractivity contribution in [2.24, 2.45) is 0 Å². The van der Waals surface area contributed by atoms with Crippen LogP contribution in [-0.2, 0) is 11.2 Å². The van der Waals surface area contributed by atoms with Crippen LogP contribution < -0.4 is 19.7 Å². The van der Waals surface area contributed by atoms with Gasteiger partial charge in [-0.05, 0) is 43.6 Å². The van der Waals surface area contributed by atoms with E-state index in [1.165, 1.54) is 11.5 Å². The van der Waals surface area contributed by atoms with Crippen molar-refractivity contribution < 1.29 is 19.4 Å². The summed E-state index contributed by atoms with van der Waals surface area (Å²) >= 11 is 1.39. The fourth-order valence-corrected chi connectivity index (χ4v) is 4.87. The first kappa shape index (κ1) is 26.8. The number of hydrogen-bond acceptors (Lipinski definition) is 10. The first-order chi connectivity index (χ1) is 18.2. The molecule has 38 heavy (non-hydrogen) atoms. The number of carbonyl (C=O) groups is 1. The molecule has 10 nitrogen and oxygen atoms in total. The highest BCUT2D eigenvalue weighted by molar-refractivity contribution is 7.06. The van der Waals surface area contributed by atoms with Gasteiger partial charge in [-0.15, -0.1) is 0 Å². The monoisotopic (exact) mass is 534 g/mol. The number of aromatic nitrogens is 4. The van der Waals surface area contributed by atoms with Gasteiger partial charge in [-0.1, -0.05) is 12.1 Å². The Morgan fingerprint density at radius 2 is 1.76 bits per heavy atom. The van der Waals surface area contributed by atoms with Crippen molar-refractivity contribution in [1.82, 2.24) is 19.3 Å². The van der Waals surface area contributed by atoms with Gasteiger partial charge in [0.05, 0.1) is 25.5 Å². The van der Waals surface area contributed by atoms with Crippen LogP contribution in [0.3, 0.4) is 0 Å². The minimum Gasteiger partial charge on any atom is -0.496 e. The van der Waals surface area contributed by atoms with E-state index in [9.17, 15) is 9.90 Å². The maximum absolute atomic E-state index is 12.3. The Balaban J connectivity index is 1.65. The lowest BCUT2D eigenvalue weighted by atomic mass is 10.0. The van der Waals surface area contributed by atoms with Crippen molar-refractivity contribution >= 4 is 29.3 Å². The predicted octanol–water partition coefficient (Wildman–Crippen LogP) is 4.47. The zero-order chi connectivity index (χ0) is 27.4. The van der Waals surface area contributed by atoms with Crippen molar-refractivity contribution in [2.75, 3.05) is 38.5 Å². The fourth-order valence-electron chi connectivity index (χ4n) is 4.15. The molecule has 0 aliphatic rings. The van der Waals surface area contributed by atoms with Gasteiger partial charge in [0.2, 0.25) is 5.95 Å². The van der Waals surface area contributed by atoms with Crippen LogP contribution in [0.15, 0.2) is 42.7 Å². The largest absolute Gasteiger partial charge is 0.496 e. The third kappa shape index (κ3) is 5.52. The van der Waals surface area contributed by atoms with Crippen molar-refractivity contribution in [2.45, 2.75) is 26.3 Å². The molecule has 1 atom stereocenters. The Morgan fingerprint density at radius 3 is 2.29 bits per heavy atom. The van der Waals surface area contributed by atoms with Gasteiger partial charge in [0, 0.05) is 60.2 Å². The summed E-state index contributed by atoms with van der Waals surface area (Å²) in [7, 11) is 6.86. The second-order valence-electron chi connectivity index (χ2n) is 8.84. The first-order valence-corrected chi connectivity index (χ1v) is 12.6. The summed E-state index contributed by atoms with van der Waals surface area (Å²) in [5.74, 6) is 1.19. The number of aliphatic carboxylic acids is 1. The Labute approximate surface area is 225 Å². The molecule has 3 aromatic heterocycles. The lowest BCUT2D eigenvalue weighted by Gasteiger charge is -2.20. The number of carboxylic acid groups (broad SMARTS) is 1. The minimum absolute atomic E-state index is 0.138. The number of rotatable bonds is 10. The second-order valence-corrected chi connectivity index (χ2v) is 9.82. The number of nitrogens with one attached hydrogen (secondary N) is 1. The summed E-state index contributed by atoms with van der Waals surface area (Å²) in [5.41, 5.74) is 4.63. The van der Waals surface area contributed by atoms with Crippen LogP contribution in [0.4, 0.5) is 11.8 Å². The van der Waals surface area contributed by atoms with E-state index >= 15 is 0 Å². The van der Waals surface area contributed by atoms with Crippen molar-refractivity contribution in [3.05, 3.63) is 59.0 Å². The van der Waals surface area contributed by atoms with Crippen LogP contribution in [0.1, 0.15) is 16.3 Å². The van der Waals surface area contributed by atoms with Gasteiger partial charge in [0.15, 0.2) is 0 Å². The molecule has 0 saturated heterocycles. The molecule has 0 bridgehead atoms. The summed E-state index contributed by atoms with van der Waals surface area (Å²) in [5, 5.41) is 13.2. The molecular formula is C27H30N6O4S. The molecule has 1 aromatic carbocycles. The molecule has 0 aliphatic heterocycles. The topological polar surface area (TPSA) is 123 Å². The smallest absolute Gasteiger partial charge is 0.326 e. The van der Waals surface area contributed by atoms with Crippen LogP contribution in [-0.4, -0.2) is 64.8 Å². The van der Waals surface area contributed by atoms with Crippen molar-refractivity contribution in [3.8, 4) is 33.8 Å². The molecule has 0 aliphatic carbocycles. The Morgan fingerprint density at radius 1 is 1.05 bits per heavy atom. The van der Waals surface area contributed by atoms with Gasteiger partial charge in [-0.2, -0.15) is 9.36 Å². The van der Waals surface area contributed by atoms with E-state index < -0.39 is 12.0 Å². The maximum Gasteiger partial charge on any atom is 0.326 e. The second kappa shape index (κ2) is 11.4. The van der Waals surface area contributed by atoms with Gasteiger partial charge >= 0.3 is 5.97 Å². The van der Waals surface area contributed by atoms with Crippen LogP contribution >= 0.6 is 11.5 Å². The van der Waals surface area contributed by atoms with Gasteiger partial charge in [0.1, 0.15) is 23.4 Å². The molecule has 11 heteroatoms. The van der Waals surface area contributed by atoms with Crippen LogP contribution in [0.2, 0.25) is 0 Å². The quantitative estimate of drug-likeness (QED) is 0.301. The lowest BCUT2D eigenvalue weighted by Crippen LogP contribution is -2.32. The minimum atomic E-state index is -1.02. The number of anilines is 2. The first-order valence-electron chi connectivity index (χ1n) is 11.9. The number of pyridine rings is 1. The number of carboxylic acids is 1. The summed E-state index contributed by atoms with van der Waals surface area (Å²) < 4.78 is 15.4.